The van der Waals surface area contributed by atoms with Crippen LogP contribution in [-0.4, -0.2) is 25.7 Å². The summed E-state index contributed by atoms with van der Waals surface area (Å²) in [7, 11) is 3.38. The van der Waals surface area contributed by atoms with E-state index in [4.69, 9.17) is 9.47 Å². The van der Waals surface area contributed by atoms with Crippen molar-refractivity contribution in [2.75, 3.05) is 20.8 Å². The molecule has 3 aromatic carbocycles. The second-order valence-electron chi connectivity index (χ2n) is 7.18. The van der Waals surface area contributed by atoms with E-state index in [9.17, 15) is 0 Å². The lowest BCUT2D eigenvalue weighted by Crippen LogP contribution is -2.17. The van der Waals surface area contributed by atoms with Crippen molar-refractivity contribution >= 4 is 10.9 Å². The number of para-hydroxylation sites is 1. The molecular formula is C26H26N2O2. The second kappa shape index (κ2) is 9.42. The van der Waals surface area contributed by atoms with Crippen molar-refractivity contribution in [1.82, 2.24) is 10.3 Å². The van der Waals surface area contributed by atoms with E-state index in [1.807, 2.05) is 30.5 Å². The van der Waals surface area contributed by atoms with Gasteiger partial charge in [0.1, 0.15) is 11.5 Å². The van der Waals surface area contributed by atoms with Gasteiger partial charge in [-0.15, -0.1) is 0 Å². The summed E-state index contributed by atoms with van der Waals surface area (Å²) in [6, 6.07) is 24.8. The molecule has 0 spiro atoms. The molecule has 0 amide bonds. The Kier molecular flexibility index (Phi) is 6.26. The van der Waals surface area contributed by atoms with Crippen LogP contribution in [-0.2, 0) is 13.0 Å². The lowest BCUT2D eigenvalue weighted by Gasteiger charge is -2.13. The van der Waals surface area contributed by atoms with Crippen LogP contribution in [0, 0.1) is 0 Å². The molecule has 4 nitrogen and oxygen atoms in total. The van der Waals surface area contributed by atoms with Crippen molar-refractivity contribution in [3.05, 3.63) is 90.1 Å². The maximum atomic E-state index is 5.58. The summed E-state index contributed by atoms with van der Waals surface area (Å²) >= 11 is 0. The van der Waals surface area contributed by atoms with E-state index in [2.05, 4.69) is 58.8 Å². The topological polar surface area (TPSA) is 43.4 Å². The number of fused-ring (bicyclic) bond motifs is 1. The van der Waals surface area contributed by atoms with Crippen LogP contribution >= 0.6 is 0 Å². The van der Waals surface area contributed by atoms with Gasteiger partial charge in [0.15, 0.2) is 0 Å². The average molecular weight is 399 g/mol. The fraction of sp³-hybridized carbons (Fsp3) is 0.192. The van der Waals surface area contributed by atoms with Gasteiger partial charge >= 0.3 is 0 Å². The Balaban J connectivity index is 1.43. The molecule has 152 valence electrons. The third-order valence-electron chi connectivity index (χ3n) is 5.30. The van der Waals surface area contributed by atoms with Crippen molar-refractivity contribution in [2.24, 2.45) is 0 Å². The fourth-order valence-electron chi connectivity index (χ4n) is 3.69. The van der Waals surface area contributed by atoms with Crippen LogP contribution < -0.4 is 14.8 Å². The van der Waals surface area contributed by atoms with Gasteiger partial charge in [-0.2, -0.15) is 0 Å². The first-order valence-electron chi connectivity index (χ1n) is 10.1. The first kappa shape index (κ1) is 19.9. The van der Waals surface area contributed by atoms with Gasteiger partial charge in [0.05, 0.1) is 19.7 Å². The normalized spacial score (nSPS) is 10.9. The van der Waals surface area contributed by atoms with Gasteiger partial charge in [0.25, 0.3) is 0 Å². The summed E-state index contributed by atoms with van der Waals surface area (Å²) < 4.78 is 10.8. The summed E-state index contributed by atoms with van der Waals surface area (Å²) in [6.45, 7) is 1.70. The van der Waals surface area contributed by atoms with E-state index in [-0.39, 0.29) is 0 Å². The molecule has 1 heterocycles. The van der Waals surface area contributed by atoms with Crippen molar-refractivity contribution in [3.63, 3.8) is 0 Å². The molecule has 0 radical (unpaired) electrons. The first-order chi connectivity index (χ1) is 14.8. The molecule has 0 bridgehead atoms. The van der Waals surface area contributed by atoms with Crippen LogP contribution in [0.3, 0.4) is 0 Å². The van der Waals surface area contributed by atoms with Gasteiger partial charge in [-0.3, -0.25) is 4.98 Å². The predicted molar refractivity (Wildman–Crippen MR) is 122 cm³/mol. The smallest absolute Gasteiger partial charge is 0.126 e. The van der Waals surface area contributed by atoms with Crippen molar-refractivity contribution in [3.8, 4) is 22.6 Å². The second-order valence-corrected chi connectivity index (χ2v) is 7.18. The highest BCUT2D eigenvalue weighted by Crippen LogP contribution is 2.32. The zero-order valence-corrected chi connectivity index (χ0v) is 17.4. The van der Waals surface area contributed by atoms with Crippen LogP contribution in [0.5, 0.6) is 11.5 Å². The van der Waals surface area contributed by atoms with Gasteiger partial charge in [-0.25, -0.2) is 0 Å². The quantitative estimate of drug-likeness (QED) is 0.412. The van der Waals surface area contributed by atoms with Crippen molar-refractivity contribution in [2.45, 2.75) is 13.0 Å². The van der Waals surface area contributed by atoms with Crippen molar-refractivity contribution in [1.29, 1.82) is 0 Å². The highest BCUT2D eigenvalue weighted by Gasteiger charge is 2.08. The van der Waals surface area contributed by atoms with Gasteiger partial charge in [0.2, 0.25) is 0 Å². The Labute approximate surface area is 177 Å². The molecule has 0 aliphatic carbocycles. The lowest BCUT2D eigenvalue weighted by molar-refractivity contribution is 0.414. The van der Waals surface area contributed by atoms with E-state index < -0.39 is 0 Å². The Bertz CT molecular complexity index is 1120. The summed E-state index contributed by atoms with van der Waals surface area (Å²) in [5, 5.41) is 4.80. The number of nitrogens with one attached hydrogen (secondary N) is 1. The molecule has 0 fully saturated rings. The minimum absolute atomic E-state index is 0.802. The van der Waals surface area contributed by atoms with E-state index >= 15 is 0 Å². The molecule has 0 atom stereocenters. The van der Waals surface area contributed by atoms with Crippen LogP contribution in [0.4, 0.5) is 0 Å². The molecule has 0 saturated heterocycles. The highest BCUT2D eigenvalue weighted by atomic mass is 16.5. The zero-order chi connectivity index (χ0) is 20.8. The number of methoxy groups -OCH3 is 2. The molecule has 0 aliphatic heterocycles. The van der Waals surface area contributed by atoms with Gasteiger partial charge < -0.3 is 14.8 Å². The Hall–Kier alpha value is -3.37. The summed E-state index contributed by atoms with van der Waals surface area (Å²) in [5.41, 5.74) is 5.79. The number of benzene rings is 3. The Morgan fingerprint density at radius 1 is 0.867 bits per heavy atom. The number of aromatic nitrogens is 1. The minimum Gasteiger partial charge on any atom is -0.497 e. The van der Waals surface area contributed by atoms with Gasteiger partial charge in [-0.05, 0) is 66.1 Å². The molecule has 30 heavy (non-hydrogen) atoms. The van der Waals surface area contributed by atoms with Gasteiger partial charge in [-0.1, -0.05) is 36.4 Å². The molecule has 4 rings (SSSR count). The van der Waals surface area contributed by atoms with Gasteiger partial charge in [0, 0.05) is 23.7 Å². The van der Waals surface area contributed by atoms with Crippen LogP contribution in [0.2, 0.25) is 0 Å². The number of nitrogens with zero attached hydrogens (tertiary/aromatic N) is 1. The fourth-order valence-corrected chi connectivity index (χ4v) is 3.69. The largest absolute Gasteiger partial charge is 0.497 e. The predicted octanol–water partition coefficient (Wildman–Crippen LogP) is 5.25. The summed E-state index contributed by atoms with van der Waals surface area (Å²) in [4.78, 5) is 4.44. The van der Waals surface area contributed by atoms with Crippen LogP contribution in [0.25, 0.3) is 22.0 Å². The number of ether oxygens (including phenoxy) is 2. The molecule has 0 unspecified atom stereocenters. The zero-order valence-electron chi connectivity index (χ0n) is 17.4. The number of hydrogen-bond donors (Lipinski definition) is 1. The summed E-state index contributed by atoms with van der Waals surface area (Å²) in [5.74, 6) is 1.71. The molecular weight excluding hydrogens is 372 g/mol. The molecule has 4 aromatic rings. The van der Waals surface area contributed by atoms with E-state index in [1.165, 1.54) is 16.5 Å². The lowest BCUT2D eigenvalue weighted by atomic mass is 10.0. The molecule has 0 saturated carbocycles. The number of rotatable bonds is 8. The Morgan fingerprint density at radius 3 is 2.50 bits per heavy atom. The molecule has 0 aliphatic rings. The number of pyridine rings is 1. The number of hydrogen-bond acceptors (Lipinski definition) is 4. The van der Waals surface area contributed by atoms with E-state index in [0.29, 0.717) is 0 Å². The minimum atomic E-state index is 0.802. The monoisotopic (exact) mass is 398 g/mol. The van der Waals surface area contributed by atoms with E-state index in [1.54, 1.807) is 14.2 Å². The average Bonchev–Trinajstić information content (AvgIpc) is 2.82. The molecule has 1 N–H and O–H groups in total. The van der Waals surface area contributed by atoms with Crippen LogP contribution in [0.15, 0.2) is 79.0 Å². The molecule has 1 aromatic heterocycles. The first-order valence-corrected chi connectivity index (χ1v) is 10.1. The summed E-state index contributed by atoms with van der Waals surface area (Å²) in [6.07, 6.45) is 2.85. The van der Waals surface area contributed by atoms with Crippen molar-refractivity contribution < 1.29 is 9.47 Å². The maximum absolute atomic E-state index is 5.58. The van der Waals surface area contributed by atoms with E-state index in [0.717, 1.165) is 47.7 Å². The maximum Gasteiger partial charge on any atom is 0.126 e. The third kappa shape index (κ3) is 4.44. The Morgan fingerprint density at radius 2 is 1.70 bits per heavy atom. The van der Waals surface area contributed by atoms with Crippen LogP contribution in [0.1, 0.15) is 11.1 Å². The standard InChI is InChI=1S/C26H26N2O2/c1-29-22-10-8-20(9-11-22)24-17-19(7-12-26(24)30-2)18-27-15-13-21-14-16-28-25-6-4-3-5-23(21)25/h3-12,14,16-17,27H,13,15,18H2,1-2H3. The SMILES string of the molecule is COc1ccc(-c2cc(CNCCc3ccnc4ccccc34)ccc2OC)cc1. The highest BCUT2D eigenvalue weighted by molar-refractivity contribution is 5.81. The molecule has 4 heteroatoms. The third-order valence-corrected chi connectivity index (χ3v) is 5.30.